The van der Waals surface area contributed by atoms with Gasteiger partial charge in [0, 0.05) is 37.0 Å². The molecule has 0 spiro atoms. The van der Waals surface area contributed by atoms with Crippen molar-refractivity contribution in [3.8, 4) is 0 Å². The average molecular weight is 447 g/mol. The summed E-state index contributed by atoms with van der Waals surface area (Å²) in [7, 11) is 0. The number of likely N-dealkylation sites (tertiary alicyclic amines) is 1. The van der Waals surface area contributed by atoms with Crippen LogP contribution in [0.15, 0.2) is 47.3 Å². The lowest BCUT2D eigenvalue weighted by Gasteiger charge is -2.42. The van der Waals surface area contributed by atoms with Gasteiger partial charge in [0.25, 0.3) is 11.5 Å². The monoisotopic (exact) mass is 446 g/mol. The summed E-state index contributed by atoms with van der Waals surface area (Å²) in [6.07, 6.45) is 5.68. The van der Waals surface area contributed by atoms with Crippen molar-refractivity contribution in [2.24, 2.45) is 11.8 Å². The highest BCUT2D eigenvalue weighted by molar-refractivity contribution is 5.95. The van der Waals surface area contributed by atoms with Gasteiger partial charge in [0.2, 0.25) is 0 Å². The van der Waals surface area contributed by atoms with E-state index in [2.05, 4.69) is 15.5 Å². The van der Waals surface area contributed by atoms with Gasteiger partial charge in [-0.2, -0.15) is 5.10 Å². The molecule has 7 heteroatoms. The van der Waals surface area contributed by atoms with Gasteiger partial charge in [0.15, 0.2) is 0 Å². The Morgan fingerprint density at radius 1 is 1.09 bits per heavy atom. The zero-order valence-corrected chi connectivity index (χ0v) is 18.4. The van der Waals surface area contributed by atoms with E-state index in [0.717, 1.165) is 22.8 Å². The molecular formula is C26H27FN4O2. The van der Waals surface area contributed by atoms with Gasteiger partial charge in [0.05, 0.1) is 16.6 Å². The van der Waals surface area contributed by atoms with Gasteiger partial charge in [-0.15, -0.1) is 0 Å². The van der Waals surface area contributed by atoms with Crippen LogP contribution in [0.2, 0.25) is 0 Å². The van der Waals surface area contributed by atoms with Gasteiger partial charge in [-0.05, 0) is 61.3 Å². The lowest BCUT2D eigenvalue weighted by atomic mass is 9.99. The van der Waals surface area contributed by atoms with Crippen molar-refractivity contribution < 1.29 is 9.18 Å². The molecule has 3 fully saturated rings. The summed E-state index contributed by atoms with van der Waals surface area (Å²) >= 11 is 0. The molecule has 0 atom stereocenters. The van der Waals surface area contributed by atoms with Crippen LogP contribution in [0.1, 0.15) is 47.3 Å². The van der Waals surface area contributed by atoms with E-state index in [-0.39, 0.29) is 17.0 Å². The van der Waals surface area contributed by atoms with Crippen molar-refractivity contribution in [2.45, 2.75) is 44.2 Å². The van der Waals surface area contributed by atoms with Crippen molar-refractivity contribution in [3.63, 3.8) is 0 Å². The minimum Gasteiger partial charge on any atom is -0.335 e. The maximum Gasteiger partial charge on any atom is 0.272 e. The molecule has 0 unspecified atom stereocenters. The first kappa shape index (κ1) is 20.5. The van der Waals surface area contributed by atoms with Crippen LogP contribution in [0.5, 0.6) is 0 Å². The fourth-order valence-corrected chi connectivity index (χ4v) is 5.11. The second-order valence-electron chi connectivity index (χ2n) is 9.81. The molecular weight excluding hydrogens is 419 g/mol. The van der Waals surface area contributed by atoms with Gasteiger partial charge >= 0.3 is 0 Å². The summed E-state index contributed by atoms with van der Waals surface area (Å²) in [5.41, 5.74) is 1.33. The molecule has 1 aromatic heterocycles. The van der Waals surface area contributed by atoms with E-state index in [0.29, 0.717) is 42.7 Å². The summed E-state index contributed by atoms with van der Waals surface area (Å²) < 4.78 is 14.6. The number of hydrogen-bond acceptors (Lipinski definition) is 4. The van der Waals surface area contributed by atoms with Crippen molar-refractivity contribution in [3.05, 3.63) is 75.5 Å². The number of amides is 1. The predicted molar refractivity (Wildman–Crippen MR) is 124 cm³/mol. The molecule has 3 aromatic rings. The number of carbonyl (C=O) groups is 1. The van der Waals surface area contributed by atoms with Crippen LogP contribution in [0.3, 0.4) is 0 Å². The first-order chi connectivity index (χ1) is 16.1. The van der Waals surface area contributed by atoms with Crippen LogP contribution < -0.4 is 10.9 Å². The van der Waals surface area contributed by atoms with Gasteiger partial charge in [-0.3, -0.25) is 9.59 Å². The highest BCUT2D eigenvalue weighted by Gasteiger charge is 2.44. The molecule has 6 rings (SSSR count). The van der Waals surface area contributed by atoms with Crippen LogP contribution in [0.25, 0.3) is 10.8 Å². The molecule has 1 amide bonds. The second kappa shape index (κ2) is 8.06. The Morgan fingerprint density at radius 3 is 2.48 bits per heavy atom. The van der Waals surface area contributed by atoms with E-state index < -0.39 is 5.82 Å². The first-order valence-corrected chi connectivity index (χ1v) is 11.9. The quantitative estimate of drug-likeness (QED) is 0.584. The number of nitrogens with zero attached hydrogens (tertiary/aromatic N) is 2. The highest BCUT2D eigenvalue weighted by Crippen LogP contribution is 2.45. The number of aromatic nitrogens is 2. The molecule has 2 saturated carbocycles. The van der Waals surface area contributed by atoms with Crippen LogP contribution in [0, 0.1) is 17.7 Å². The normalized spacial score (nSPS) is 18.7. The maximum absolute atomic E-state index is 14.6. The van der Waals surface area contributed by atoms with Crippen LogP contribution in [0.4, 0.5) is 4.39 Å². The lowest BCUT2D eigenvalue weighted by molar-refractivity contribution is 0.0537. The van der Waals surface area contributed by atoms with Gasteiger partial charge in [-0.1, -0.05) is 24.3 Å². The number of benzene rings is 2. The lowest BCUT2D eigenvalue weighted by Crippen LogP contribution is -2.62. The van der Waals surface area contributed by atoms with Crippen molar-refractivity contribution in [2.75, 3.05) is 13.1 Å². The summed E-state index contributed by atoms with van der Waals surface area (Å²) in [5, 5.41) is 11.8. The van der Waals surface area contributed by atoms with Crippen LogP contribution in [-0.4, -0.2) is 46.2 Å². The molecule has 170 valence electrons. The third-order valence-corrected chi connectivity index (χ3v) is 7.26. The number of fused-ring (bicyclic) bond motifs is 1. The fraction of sp³-hybridized carbons (Fsp3) is 0.423. The molecule has 3 aliphatic rings. The number of halogens is 1. The maximum atomic E-state index is 14.6. The number of hydrogen-bond donors (Lipinski definition) is 2. The SMILES string of the molecule is O=C(c1cc(Cc2n[nH]c(=O)c3ccccc23)ccc1F)N1CC(NC(C2CC2)C2CC2)C1. The number of carbonyl (C=O) groups excluding carboxylic acids is 1. The predicted octanol–water partition coefficient (Wildman–Crippen LogP) is 3.26. The van der Waals surface area contributed by atoms with E-state index in [4.69, 9.17) is 0 Å². The number of aromatic amines is 1. The standard InChI is InChI=1S/C26H27FN4O2/c27-22-10-5-15(12-23-19-3-1-2-4-20(19)25(32)30-29-23)11-21(22)26(33)31-13-18(14-31)28-24(16-6-7-16)17-8-9-17/h1-5,10-11,16-18,24,28H,6-9,12-14H2,(H,30,32). The first-order valence-electron chi connectivity index (χ1n) is 11.9. The topological polar surface area (TPSA) is 78.1 Å². The molecule has 0 radical (unpaired) electrons. The van der Waals surface area contributed by atoms with E-state index in [1.54, 1.807) is 23.1 Å². The number of nitrogens with one attached hydrogen (secondary N) is 2. The van der Waals surface area contributed by atoms with E-state index in [1.807, 2.05) is 18.2 Å². The smallest absolute Gasteiger partial charge is 0.272 e. The van der Waals surface area contributed by atoms with Crippen molar-refractivity contribution >= 4 is 16.7 Å². The molecule has 1 saturated heterocycles. The Hall–Kier alpha value is -3.06. The van der Waals surface area contributed by atoms with Crippen molar-refractivity contribution in [1.29, 1.82) is 0 Å². The van der Waals surface area contributed by atoms with Gasteiger partial charge < -0.3 is 10.2 Å². The molecule has 2 heterocycles. The van der Waals surface area contributed by atoms with E-state index in [1.165, 1.54) is 31.7 Å². The molecule has 2 N–H and O–H groups in total. The Bertz CT molecular complexity index is 1260. The van der Waals surface area contributed by atoms with Gasteiger partial charge in [0.1, 0.15) is 5.82 Å². The molecule has 33 heavy (non-hydrogen) atoms. The third kappa shape index (κ3) is 4.06. The molecule has 2 aliphatic carbocycles. The summed E-state index contributed by atoms with van der Waals surface area (Å²) in [5.74, 6) is 0.859. The van der Waals surface area contributed by atoms with Gasteiger partial charge in [-0.25, -0.2) is 9.49 Å². The van der Waals surface area contributed by atoms with Crippen LogP contribution >= 0.6 is 0 Å². The van der Waals surface area contributed by atoms with E-state index >= 15 is 0 Å². The second-order valence-corrected chi connectivity index (χ2v) is 9.81. The highest BCUT2D eigenvalue weighted by atomic mass is 19.1. The summed E-state index contributed by atoms with van der Waals surface area (Å²) in [4.78, 5) is 26.8. The summed E-state index contributed by atoms with van der Waals surface area (Å²) in [6, 6.07) is 12.8. The molecule has 2 aromatic carbocycles. The molecule has 0 bridgehead atoms. The average Bonchev–Trinajstić information content (AvgIpc) is 3.70. The minimum atomic E-state index is -0.506. The van der Waals surface area contributed by atoms with Crippen molar-refractivity contribution in [1.82, 2.24) is 20.4 Å². The minimum absolute atomic E-state index is 0.0978. The Kier molecular flexibility index (Phi) is 5.02. The molecule has 1 aliphatic heterocycles. The zero-order valence-electron chi connectivity index (χ0n) is 18.4. The summed E-state index contributed by atoms with van der Waals surface area (Å²) in [6.45, 7) is 1.26. The molecule has 6 nitrogen and oxygen atoms in total. The largest absolute Gasteiger partial charge is 0.335 e. The number of rotatable bonds is 7. The number of H-pyrrole nitrogens is 1. The zero-order chi connectivity index (χ0) is 22.5. The Balaban J connectivity index is 1.16. The Morgan fingerprint density at radius 2 is 1.79 bits per heavy atom. The van der Waals surface area contributed by atoms with E-state index in [9.17, 15) is 14.0 Å². The Labute approximate surface area is 191 Å². The van der Waals surface area contributed by atoms with Crippen LogP contribution in [-0.2, 0) is 6.42 Å². The fourth-order valence-electron chi connectivity index (χ4n) is 5.11. The third-order valence-electron chi connectivity index (χ3n) is 7.26.